The van der Waals surface area contributed by atoms with Crippen LogP contribution < -0.4 is 11.1 Å². The lowest BCUT2D eigenvalue weighted by Crippen LogP contribution is -2.52. The van der Waals surface area contributed by atoms with Crippen LogP contribution in [0, 0.1) is 5.92 Å². The van der Waals surface area contributed by atoms with Crippen molar-refractivity contribution in [1.29, 1.82) is 0 Å². The van der Waals surface area contributed by atoms with Crippen molar-refractivity contribution < 1.29 is 4.79 Å². The molecular formula is C13H17ClN2O. The highest BCUT2D eigenvalue weighted by Crippen LogP contribution is 2.43. The highest BCUT2D eigenvalue weighted by atomic mass is 35.5. The van der Waals surface area contributed by atoms with Gasteiger partial charge in [-0.25, -0.2) is 0 Å². The molecule has 1 aromatic rings. The fourth-order valence-electron chi connectivity index (χ4n) is 2.28. The van der Waals surface area contributed by atoms with Crippen molar-refractivity contribution in [3.8, 4) is 0 Å². The standard InChI is InChI=1S/C13H17ClN2O/c1-2-13(12(15)17,9-3-4-9)16-11-7-5-10(14)6-8-11/h5-9,16H,2-4H2,1H3,(H2,15,17). The monoisotopic (exact) mass is 252 g/mol. The van der Waals surface area contributed by atoms with Crippen LogP contribution in [0.3, 0.4) is 0 Å². The third kappa shape index (κ3) is 2.39. The Balaban J connectivity index is 2.23. The van der Waals surface area contributed by atoms with Gasteiger partial charge in [0.05, 0.1) is 0 Å². The number of anilines is 1. The zero-order valence-electron chi connectivity index (χ0n) is 9.87. The van der Waals surface area contributed by atoms with Crippen LogP contribution in [0.2, 0.25) is 5.02 Å². The average Bonchev–Trinajstić information content (AvgIpc) is 3.12. The van der Waals surface area contributed by atoms with Crippen molar-refractivity contribution in [2.24, 2.45) is 11.7 Å². The van der Waals surface area contributed by atoms with Gasteiger partial charge in [0.15, 0.2) is 0 Å². The second kappa shape index (κ2) is 4.57. The molecule has 1 unspecified atom stereocenters. The van der Waals surface area contributed by atoms with Gasteiger partial charge in [0.1, 0.15) is 5.54 Å². The number of hydrogen-bond donors (Lipinski definition) is 2. The number of nitrogens with two attached hydrogens (primary N) is 1. The molecule has 17 heavy (non-hydrogen) atoms. The Morgan fingerprint density at radius 1 is 1.47 bits per heavy atom. The molecule has 1 aliphatic rings. The maximum absolute atomic E-state index is 11.7. The Hall–Kier alpha value is -1.22. The van der Waals surface area contributed by atoms with E-state index in [4.69, 9.17) is 17.3 Å². The van der Waals surface area contributed by atoms with Crippen LogP contribution in [0.5, 0.6) is 0 Å². The summed E-state index contributed by atoms with van der Waals surface area (Å²) in [5.41, 5.74) is 5.86. The topological polar surface area (TPSA) is 55.1 Å². The summed E-state index contributed by atoms with van der Waals surface area (Å²) in [4.78, 5) is 11.7. The third-order valence-electron chi connectivity index (χ3n) is 3.48. The van der Waals surface area contributed by atoms with Crippen LogP contribution in [0.15, 0.2) is 24.3 Å². The lowest BCUT2D eigenvalue weighted by molar-refractivity contribution is -0.123. The Kier molecular flexibility index (Phi) is 3.29. The third-order valence-corrected chi connectivity index (χ3v) is 3.74. The van der Waals surface area contributed by atoms with Gasteiger partial charge in [-0.1, -0.05) is 18.5 Å². The molecule has 0 radical (unpaired) electrons. The zero-order valence-corrected chi connectivity index (χ0v) is 10.6. The highest BCUT2D eigenvalue weighted by Gasteiger charge is 2.48. The van der Waals surface area contributed by atoms with Gasteiger partial charge in [-0.3, -0.25) is 4.79 Å². The van der Waals surface area contributed by atoms with E-state index in [0.29, 0.717) is 17.4 Å². The summed E-state index contributed by atoms with van der Waals surface area (Å²) >= 11 is 5.83. The van der Waals surface area contributed by atoms with Crippen LogP contribution in [0.1, 0.15) is 26.2 Å². The van der Waals surface area contributed by atoms with E-state index in [1.54, 1.807) is 12.1 Å². The van der Waals surface area contributed by atoms with Gasteiger partial charge in [0.25, 0.3) is 0 Å². The van der Waals surface area contributed by atoms with E-state index in [-0.39, 0.29) is 5.91 Å². The number of carbonyl (C=O) groups excluding carboxylic acids is 1. The molecule has 0 saturated heterocycles. The Labute approximate surface area is 106 Å². The van der Waals surface area contributed by atoms with Crippen molar-refractivity contribution in [2.45, 2.75) is 31.7 Å². The molecule has 4 heteroatoms. The molecule has 1 fully saturated rings. The molecule has 0 heterocycles. The molecule has 3 N–H and O–H groups in total. The normalized spacial score (nSPS) is 18.5. The second-order valence-corrected chi connectivity index (χ2v) is 5.03. The lowest BCUT2D eigenvalue weighted by Gasteiger charge is -2.32. The molecule has 3 nitrogen and oxygen atoms in total. The number of halogens is 1. The molecule has 2 rings (SSSR count). The summed E-state index contributed by atoms with van der Waals surface area (Å²) in [7, 11) is 0. The number of nitrogens with one attached hydrogen (secondary N) is 1. The first-order valence-electron chi connectivity index (χ1n) is 5.92. The first-order chi connectivity index (χ1) is 8.08. The number of rotatable bonds is 5. The van der Waals surface area contributed by atoms with E-state index in [9.17, 15) is 4.79 Å². The van der Waals surface area contributed by atoms with E-state index in [0.717, 1.165) is 18.5 Å². The lowest BCUT2D eigenvalue weighted by atomic mass is 9.89. The molecular weight excluding hydrogens is 236 g/mol. The quantitative estimate of drug-likeness (QED) is 0.847. The van der Waals surface area contributed by atoms with Gasteiger partial charge in [-0.15, -0.1) is 0 Å². The summed E-state index contributed by atoms with van der Waals surface area (Å²) in [6, 6.07) is 7.35. The van der Waals surface area contributed by atoms with Crippen molar-refractivity contribution in [3.05, 3.63) is 29.3 Å². The van der Waals surface area contributed by atoms with Crippen LogP contribution in [0.4, 0.5) is 5.69 Å². The number of carbonyl (C=O) groups is 1. The first-order valence-corrected chi connectivity index (χ1v) is 6.30. The predicted octanol–water partition coefficient (Wildman–Crippen LogP) is 2.80. The van der Waals surface area contributed by atoms with Crippen molar-refractivity contribution in [2.75, 3.05) is 5.32 Å². The summed E-state index contributed by atoms with van der Waals surface area (Å²) in [6.45, 7) is 1.99. The minimum atomic E-state index is -0.603. The molecule has 0 aromatic heterocycles. The molecule has 0 bridgehead atoms. The summed E-state index contributed by atoms with van der Waals surface area (Å²) < 4.78 is 0. The minimum Gasteiger partial charge on any atom is -0.371 e. The first kappa shape index (κ1) is 12.2. The van der Waals surface area contributed by atoms with Crippen molar-refractivity contribution >= 4 is 23.2 Å². The Bertz CT molecular complexity index is 414. The highest BCUT2D eigenvalue weighted by molar-refractivity contribution is 6.30. The summed E-state index contributed by atoms with van der Waals surface area (Å²) in [5, 5.41) is 3.98. The largest absolute Gasteiger partial charge is 0.371 e. The van der Waals surface area contributed by atoms with Gasteiger partial charge in [0, 0.05) is 10.7 Å². The van der Waals surface area contributed by atoms with Crippen LogP contribution in [0.25, 0.3) is 0 Å². The van der Waals surface area contributed by atoms with Crippen molar-refractivity contribution in [3.63, 3.8) is 0 Å². The van der Waals surface area contributed by atoms with Crippen LogP contribution in [-0.4, -0.2) is 11.4 Å². The molecule has 1 aromatic carbocycles. The van der Waals surface area contributed by atoms with Gasteiger partial charge >= 0.3 is 0 Å². The second-order valence-electron chi connectivity index (χ2n) is 4.60. The van der Waals surface area contributed by atoms with E-state index < -0.39 is 5.54 Å². The van der Waals surface area contributed by atoms with Crippen LogP contribution in [-0.2, 0) is 4.79 Å². The predicted molar refractivity (Wildman–Crippen MR) is 70.0 cm³/mol. The van der Waals surface area contributed by atoms with Gasteiger partial charge in [-0.05, 0) is 49.4 Å². The maximum Gasteiger partial charge on any atom is 0.243 e. The van der Waals surface area contributed by atoms with Crippen LogP contribution >= 0.6 is 11.6 Å². The summed E-state index contributed by atoms with van der Waals surface area (Å²) in [5.74, 6) is 0.0955. The number of benzene rings is 1. The fraction of sp³-hybridized carbons (Fsp3) is 0.462. The SMILES string of the molecule is CCC(Nc1ccc(Cl)cc1)(C(N)=O)C1CC1. The van der Waals surface area contributed by atoms with Crippen molar-refractivity contribution in [1.82, 2.24) is 0 Å². The van der Waals surface area contributed by atoms with Gasteiger partial charge in [0.2, 0.25) is 5.91 Å². The smallest absolute Gasteiger partial charge is 0.243 e. The van der Waals surface area contributed by atoms with E-state index in [2.05, 4.69) is 5.32 Å². The number of amides is 1. The molecule has 1 atom stereocenters. The van der Waals surface area contributed by atoms with E-state index in [1.807, 2.05) is 19.1 Å². The molecule has 1 amide bonds. The Morgan fingerprint density at radius 3 is 2.47 bits per heavy atom. The number of primary amides is 1. The fourth-order valence-corrected chi connectivity index (χ4v) is 2.41. The molecule has 0 aliphatic heterocycles. The van der Waals surface area contributed by atoms with Gasteiger partial charge in [-0.2, -0.15) is 0 Å². The minimum absolute atomic E-state index is 0.266. The zero-order chi connectivity index (χ0) is 12.5. The average molecular weight is 253 g/mol. The number of hydrogen-bond acceptors (Lipinski definition) is 2. The molecule has 92 valence electrons. The van der Waals surface area contributed by atoms with Gasteiger partial charge < -0.3 is 11.1 Å². The molecule has 1 saturated carbocycles. The molecule has 1 aliphatic carbocycles. The Morgan fingerprint density at radius 2 is 2.06 bits per heavy atom. The summed E-state index contributed by atoms with van der Waals surface area (Å²) in [6.07, 6.45) is 2.84. The molecule has 0 spiro atoms. The maximum atomic E-state index is 11.7. The van der Waals surface area contributed by atoms with E-state index >= 15 is 0 Å². The van der Waals surface area contributed by atoms with E-state index in [1.165, 1.54) is 0 Å².